The van der Waals surface area contributed by atoms with Crippen LogP contribution in [0, 0.1) is 13.8 Å². The highest BCUT2D eigenvalue weighted by molar-refractivity contribution is 7.10. The van der Waals surface area contributed by atoms with Gasteiger partial charge in [0.15, 0.2) is 0 Å². The van der Waals surface area contributed by atoms with E-state index in [1.807, 2.05) is 26.0 Å². The topological polar surface area (TPSA) is 65.2 Å². The van der Waals surface area contributed by atoms with E-state index in [-0.39, 0.29) is 19.0 Å². The first-order valence-corrected chi connectivity index (χ1v) is 7.80. The van der Waals surface area contributed by atoms with Gasteiger partial charge in [0, 0.05) is 22.5 Å². The van der Waals surface area contributed by atoms with Crippen molar-refractivity contribution in [2.24, 2.45) is 0 Å². The first-order valence-electron chi connectivity index (χ1n) is 6.65. The van der Waals surface area contributed by atoms with Gasteiger partial charge in [0.1, 0.15) is 22.2 Å². The minimum Gasteiger partial charge on any atom is -0.464 e. The molecule has 1 aromatic carbocycles. The summed E-state index contributed by atoms with van der Waals surface area (Å²) >= 11 is 6.93. The van der Waals surface area contributed by atoms with Crippen molar-refractivity contribution in [1.29, 1.82) is 0 Å². The number of furan rings is 1. The average molecular weight is 337 g/mol. The lowest BCUT2D eigenvalue weighted by Gasteiger charge is -2.03. The lowest BCUT2D eigenvalue weighted by atomic mass is 10.0. The summed E-state index contributed by atoms with van der Waals surface area (Å²) in [4.78, 5) is 12.0. The largest absolute Gasteiger partial charge is 0.464 e. The van der Waals surface area contributed by atoms with Gasteiger partial charge in [-0.2, -0.15) is 0 Å². The Kier molecular flexibility index (Phi) is 4.13. The number of fused-ring (bicyclic) bond motifs is 1. The van der Waals surface area contributed by atoms with Crippen molar-refractivity contribution in [3.63, 3.8) is 0 Å². The quantitative estimate of drug-likeness (QED) is 0.677. The third-order valence-corrected chi connectivity index (χ3v) is 4.54. The molecule has 2 aromatic heterocycles. The van der Waals surface area contributed by atoms with Gasteiger partial charge in [0.05, 0.1) is 12.7 Å². The predicted octanol–water partition coefficient (Wildman–Crippen LogP) is 3.84. The van der Waals surface area contributed by atoms with Crippen molar-refractivity contribution in [2.75, 3.05) is 0 Å². The Labute approximate surface area is 136 Å². The lowest BCUT2D eigenvalue weighted by Crippen LogP contribution is -2.08. The van der Waals surface area contributed by atoms with Crippen LogP contribution in [0.4, 0.5) is 0 Å². The molecule has 0 saturated heterocycles. The number of carbonyl (C=O) groups is 1. The molecular weight excluding hydrogens is 324 g/mol. The summed E-state index contributed by atoms with van der Waals surface area (Å²) in [5.41, 5.74) is 4.34. The van der Waals surface area contributed by atoms with Crippen LogP contribution in [-0.4, -0.2) is 15.6 Å². The SMILES string of the molecule is Cc1ccc2c(CC(=O)OCc3nnsc3Cl)coc2c1C. The number of hydrogen-bond acceptors (Lipinski definition) is 6. The van der Waals surface area contributed by atoms with Gasteiger partial charge in [-0.15, -0.1) is 5.10 Å². The third-order valence-electron chi connectivity index (χ3n) is 3.56. The van der Waals surface area contributed by atoms with Crippen molar-refractivity contribution in [3.8, 4) is 0 Å². The molecule has 0 N–H and O–H groups in total. The number of nitrogens with zero attached hydrogens (tertiary/aromatic N) is 2. The van der Waals surface area contributed by atoms with Gasteiger partial charge in [-0.3, -0.25) is 4.79 Å². The van der Waals surface area contributed by atoms with Gasteiger partial charge in [-0.1, -0.05) is 28.2 Å². The van der Waals surface area contributed by atoms with Crippen molar-refractivity contribution >= 4 is 40.1 Å². The fraction of sp³-hybridized carbons (Fsp3) is 0.267. The highest BCUT2D eigenvalue weighted by Crippen LogP contribution is 2.27. The molecule has 2 heterocycles. The molecule has 114 valence electrons. The maximum Gasteiger partial charge on any atom is 0.310 e. The Balaban J connectivity index is 1.72. The highest BCUT2D eigenvalue weighted by Gasteiger charge is 2.15. The molecule has 0 aliphatic carbocycles. The molecule has 0 bridgehead atoms. The number of benzene rings is 1. The molecule has 22 heavy (non-hydrogen) atoms. The van der Waals surface area contributed by atoms with Gasteiger partial charge in [0.25, 0.3) is 0 Å². The van der Waals surface area contributed by atoms with E-state index in [9.17, 15) is 4.79 Å². The number of hydrogen-bond donors (Lipinski definition) is 0. The summed E-state index contributed by atoms with van der Waals surface area (Å²) in [6.07, 6.45) is 1.75. The van der Waals surface area contributed by atoms with Crippen LogP contribution in [-0.2, 0) is 22.6 Å². The number of halogens is 1. The van der Waals surface area contributed by atoms with E-state index in [1.54, 1.807) is 6.26 Å². The second-order valence-electron chi connectivity index (χ2n) is 4.98. The molecule has 0 aliphatic heterocycles. The molecule has 7 heteroatoms. The molecule has 3 rings (SSSR count). The van der Waals surface area contributed by atoms with Crippen LogP contribution in [0.1, 0.15) is 22.4 Å². The van der Waals surface area contributed by atoms with E-state index in [0.717, 1.165) is 39.2 Å². The Morgan fingerprint density at radius 2 is 2.23 bits per heavy atom. The van der Waals surface area contributed by atoms with Gasteiger partial charge >= 0.3 is 5.97 Å². The molecular formula is C15H13ClN2O3S. The summed E-state index contributed by atoms with van der Waals surface area (Å²) in [5.74, 6) is -0.356. The number of esters is 1. The van der Waals surface area contributed by atoms with Gasteiger partial charge in [-0.25, -0.2) is 0 Å². The zero-order valence-corrected chi connectivity index (χ0v) is 13.6. The lowest BCUT2D eigenvalue weighted by molar-refractivity contribution is -0.144. The molecule has 0 radical (unpaired) electrons. The van der Waals surface area contributed by atoms with Crippen molar-refractivity contribution < 1.29 is 13.9 Å². The molecule has 0 atom stereocenters. The van der Waals surface area contributed by atoms with Gasteiger partial charge < -0.3 is 9.15 Å². The summed E-state index contributed by atoms with van der Waals surface area (Å²) in [7, 11) is 0. The molecule has 0 fully saturated rings. The molecule has 0 amide bonds. The van der Waals surface area contributed by atoms with Crippen molar-refractivity contribution in [3.05, 3.63) is 45.1 Å². The average Bonchev–Trinajstić information content (AvgIpc) is 3.08. The number of ether oxygens (including phenoxy) is 1. The zero-order valence-electron chi connectivity index (χ0n) is 12.1. The molecule has 0 unspecified atom stereocenters. The predicted molar refractivity (Wildman–Crippen MR) is 84.1 cm³/mol. The minimum atomic E-state index is -0.356. The maximum atomic E-state index is 12.0. The van der Waals surface area contributed by atoms with Crippen LogP contribution in [0.3, 0.4) is 0 Å². The standard InChI is InChI=1S/C15H13ClN2O3S/c1-8-3-4-11-10(6-21-14(11)9(8)2)5-13(19)20-7-12-15(16)22-18-17-12/h3-4,6H,5,7H2,1-2H3. The fourth-order valence-electron chi connectivity index (χ4n) is 2.16. The maximum absolute atomic E-state index is 12.0. The van der Waals surface area contributed by atoms with E-state index in [1.165, 1.54) is 0 Å². The van der Waals surface area contributed by atoms with Crippen LogP contribution >= 0.6 is 23.1 Å². The molecule has 3 aromatic rings. The number of aryl methyl sites for hydroxylation is 2. The van der Waals surface area contributed by atoms with Crippen LogP contribution in [0.15, 0.2) is 22.8 Å². The number of carbonyl (C=O) groups excluding carboxylic acids is 1. The second-order valence-corrected chi connectivity index (χ2v) is 6.33. The smallest absolute Gasteiger partial charge is 0.310 e. The van der Waals surface area contributed by atoms with E-state index in [4.69, 9.17) is 20.8 Å². The summed E-state index contributed by atoms with van der Waals surface area (Å²) in [5, 5.41) is 4.74. The van der Waals surface area contributed by atoms with E-state index in [0.29, 0.717) is 10.0 Å². The summed E-state index contributed by atoms with van der Waals surface area (Å²) < 4.78 is 14.9. The Morgan fingerprint density at radius 1 is 1.41 bits per heavy atom. The minimum absolute atomic E-state index is 0.0298. The monoisotopic (exact) mass is 336 g/mol. The Bertz CT molecular complexity index is 841. The van der Waals surface area contributed by atoms with Crippen LogP contribution in [0.5, 0.6) is 0 Å². The number of aromatic nitrogens is 2. The summed E-state index contributed by atoms with van der Waals surface area (Å²) in [6.45, 7) is 4.06. The Morgan fingerprint density at radius 3 is 2.95 bits per heavy atom. The van der Waals surface area contributed by atoms with Crippen LogP contribution in [0.2, 0.25) is 4.34 Å². The first-order chi connectivity index (χ1) is 10.6. The van der Waals surface area contributed by atoms with E-state index in [2.05, 4.69) is 9.59 Å². The normalized spacial score (nSPS) is 11.0. The summed E-state index contributed by atoms with van der Waals surface area (Å²) in [6, 6.07) is 3.98. The van der Waals surface area contributed by atoms with Crippen LogP contribution in [0.25, 0.3) is 11.0 Å². The van der Waals surface area contributed by atoms with E-state index < -0.39 is 0 Å². The van der Waals surface area contributed by atoms with E-state index >= 15 is 0 Å². The zero-order chi connectivity index (χ0) is 15.7. The van der Waals surface area contributed by atoms with Gasteiger partial charge in [0.2, 0.25) is 0 Å². The highest BCUT2D eigenvalue weighted by atomic mass is 35.5. The van der Waals surface area contributed by atoms with Crippen molar-refractivity contribution in [2.45, 2.75) is 26.9 Å². The van der Waals surface area contributed by atoms with Crippen molar-refractivity contribution in [1.82, 2.24) is 9.59 Å². The Hall–Kier alpha value is -1.92. The second kappa shape index (κ2) is 6.06. The third kappa shape index (κ3) is 2.84. The van der Waals surface area contributed by atoms with Crippen LogP contribution < -0.4 is 0 Å². The molecule has 5 nitrogen and oxygen atoms in total. The molecule has 0 spiro atoms. The first kappa shape index (κ1) is 15.0. The fourth-order valence-corrected chi connectivity index (χ4v) is 2.76. The molecule has 0 saturated carbocycles. The molecule has 0 aliphatic rings. The van der Waals surface area contributed by atoms with Gasteiger partial charge in [-0.05, 0) is 25.0 Å². The number of rotatable bonds is 4.